The number of aliphatic carboxylic acids is 1. The molecule has 1 aliphatic heterocycles. The van der Waals surface area contributed by atoms with Crippen LogP contribution in [0.3, 0.4) is 0 Å². The number of carboxylic acid groups (broad SMARTS) is 1. The number of carbonyl (C=O) groups is 1. The van der Waals surface area contributed by atoms with Crippen LogP contribution in [0.1, 0.15) is 5.82 Å². The van der Waals surface area contributed by atoms with Crippen molar-refractivity contribution in [2.24, 2.45) is 5.92 Å². The van der Waals surface area contributed by atoms with Crippen molar-refractivity contribution < 1.29 is 19.4 Å². The van der Waals surface area contributed by atoms with E-state index in [1.807, 2.05) is 35.0 Å². The molecule has 7 nitrogen and oxygen atoms in total. The summed E-state index contributed by atoms with van der Waals surface area (Å²) in [6.45, 7) is 2.53. The first kappa shape index (κ1) is 16.5. The van der Waals surface area contributed by atoms with Crippen LogP contribution in [-0.4, -0.2) is 58.9 Å². The average molecular weight is 331 g/mol. The minimum atomic E-state index is -0.819. The highest BCUT2D eigenvalue weighted by molar-refractivity contribution is 5.70. The zero-order valence-corrected chi connectivity index (χ0v) is 13.6. The van der Waals surface area contributed by atoms with E-state index in [1.54, 1.807) is 13.3 Å². The van der Waals surface area contributed by atoms with Crippen LogP contribution in [0.15, 0.2) is 36.7 Å². The van der Waals surface area contributed by atoms with Crippen molar-refractivity contribution in [1.29, 1.82) is 0 Å². The van der Waals surface area contributed by atoms with E-state index < -0.39 is 11.9 Å². The van der Waals surface area contributed by atoms with Gasteiger partial charge in [0.25, 0.3) is 0 Å². The molecule has 0 aliphatic carbocycles. The number of benzene rings is 1. The summed E-state index contributed by atoms with van der Waals surface area (Å²) in [7, 11) is 1.64. The lowest BCUT2D eigenvalue weighted by atomic mass is 10.1. The Hall–Kier alpha value is -2.38. The maximum atomic E-state index is 11.3. The quantitative estimate of drug-likeness (QED) is 0.893. The third-order valence-electron chi connectivity index (χ3n) is 4.13. The molecule has 7 heteroatoms. The standard InChI is InChI=1S/C17H21N3O4/c1-23-15-4-2-14(3-5-15)20-7-6-18-16(20)11-19-8-9-24-12-13(10-19)17(21)22/h2-7,13H,8-12H2,1H3,(H,21,22). The van der Waals surface area contributed by atoms with E-state index in [1.165, 1.54) is 0 Å². The SMILES string of the molecule is COc1ccc(-n2ccnc2CN2CCOCC(C(=O)O)C2)cc1. The van der Waals surface area contributed by atoms with E-state index in [4.69, 9.17) is 9.47 Å². The molecule has 3 rings (SSSR count). The molecule has 24 heavy (non-hydrogen) atoms. The Morgan fingerprint density at radius 3 is 2.92 bits per heavy atom. The van der Waals surface area contributed by atoms with Crippen molar-refractivity contribution >= 4 is 5.97 Å². The third kappa shape index (κ3) is 3.74. The van der Waals surface area contributed by atoms with E-state index in [2.05, 4.69) is 9.88 Å². The van der Waals surface area contributed by atoms with Crippen LogP contribution in [0, 0.1) is 5.92 Å². The Labute approximate surface area is 140 Å². The number of hydrogen-bond acceptors (Lipinski definition) is 5. The Balaban J connectivity index is 1.75. The number of imidazole rings is 1. The predicted molar refractivity (Wildman–Crippen MR) is 87.3 cm³/mol. The van der Waals surface area contributed by atoms with E-state index in [0.717, 1.165) is 17.3 Å². The van der Waals surface area contributed by atoms with Crippen molar-refractivity contribution in [2.75, 3.05) is 33.4 Å². The van der Waals surface area contributed by atoms with E-state index in [9.17, 15) is 9.90 Å². The van der Waals surface area contributed by atoms with Gasteiger partial charge in [0, 0.05) is 31.2 Å². The Kier molecular flexibility index (Phi) is 5.12. The molecule has 0 bridgehead atoms. The molecular formula is C17H21N3O4. The molecule has 1 unspecified atom stereocenters. The molecule has 0 radical (unpaired) electrons. The van der Waals surface area contributed by atoms with Gasteiger partial charge in [-0.2, -0.15) is 0 Å². The highest BCUT2D eigenvalue weighted by Gasteiger charge is 2.25. The number of hydrogen-bond donors (Lipinski definition) is 1. The Bertz CT molecular complexity index is 683. The maximum Gasteiger partial charge on any atom is 0.310 e. The fraction of sp³-hybridized carbons (Fsp3) is 0.412. The number of nitrogens with zero attached hydrogens (tertiary/aromatic N) is 3. The number of ether oxygens (including phenoxy) is 2. The van der Waals surface area contributed by atoms with Crippen LogP contribution >= 0.6 is 0 Å². The summed E-state index contributed by atoms with van der Waals surface area (Å²) in [5.74, 6) is 0.345. The molecule has 0 amide bonds. The van der Waals surface area contributed by atoms with Gasteiger partial charge in [0.15, 0.2) is 0 Å². The summed E-state index contributed by atoms with van der Waals surface area (Å²) in [6.07, 6.45) is 3.66. The normalized spacial score (nSPS) is 19.0. The van der Waals surface area contributed by atoms with Crippen LogP contribution in [0.4, 0.5) is 0 Å². The zero-order valence-electron chi connectivity index (χ0n) is 13.6. The second kappa shape index (κ2) is 7.46. The molecule has 128 valence electrons. The molecule has 1 aromatic heterocycles. The predicted octanol–water partition coefficient (Wildman–Crippen LogP) is 1.41. The summed E-state index contributed by atoms with van der Waals surface area (Å²) >= 11 is 0. The van der Waals surface area contributed by atoms with E-state index in [0.29, 0.717) is 26.2 Å². The number of carboxylic acids is 1. The van der Waals surface area contributed by atoms with Gasteiger partial charge >= 0.3 is 5.97 Å². The first-order valence-electron chi connectivity index (χ1n) is 7.87. The first-order valence-corrected chi connectivity index (χ1v) is 7.87. The second-order valence-corrected chi connectivity index (χ2v) is 5.76. The molecule has 1 saturated heterocycles. The largest absolute Gasteiger partial charge is 0.497 e. The number of aromatic nitrogens is 2. The summed E-state index contributed by atoms with van der Waals surface area (Å²) < 4.78 is 12.6. The molecule has 0 saturated carbocycles. The van der Waals surface area contributed by atoms with Gasteiger partial charge in [0.05, 0.1) is 32.8 Å². The zero-order chi connectivity index (χ0) is 16.9. The fourth-order valence-corrected chi connectivity index (χ4v) is 2.80. The van der Waals surface area contributed by atoms with Crippen molar-refractivity contribution in [3.63, 3.8) is 0 Å². The fourth-order valence-electron chi connectivity index (χ4n) is 2.80. The monoisotopic (exact) mass is 331 g/mol. The van der Waals surface area contributed by atoms with Gasteiger partial charge in [0.2, 0.25) is 0 Å². The molecule has 1 aliphatic rings. The van der Waals surface area contributed by atoms with Gasteiger partial charge < -0.3 is 19.1 Å². The summed E-state index contributed by atoms with van der Waals surface area (Å²) in [4.78, 5) is 17.8. The minimum absolute atomic E-state index is 0.263. The van der Waals surface area contributed by atoms with Crippen LogP contribution in [0.2, 0.25) is 0 Å². The van der Waals surface area contributed by atoms with Crippen molar-refractivity contribution in [1.82, 2.24) is 14.5 Å². The highest BCUT2D eigenvalue weighted by atomic mass is 16.5. The average Bonchev–Trinajstić information content (AvgIpc) is 2.91. The van der Waals surface area contributed by atoms with Crippen molar-refractivity contribution in [3.05, 3.63) is 42.5 Å². The van der Waals surface area contributed by atoms with Gasteiger partial charge in [-0.3, -0.25) is 9.69 Å². The summed E-state index contributed by atoms with van der Waals surface area (Å²) in [5.41, 5.74) is 0.990. The summed E-state index contributed by atoms with van der Waals surface area (Å²) in [6, 6.07) is 7.74. The molecular weight excluding hydrogens is 310 g/mol. The van der Waals surface area contributed by atoms with E-state index in [-0.39, 0.29) is 6.61 Å². The molecule has 1 N–H and O–H groups in total. The van der Waals surface area contributed by atoms with Crippen molar-refractivity contribution in [3.8, 4) is 11.4 Å². The van der Waals surface area contributed by atoms with Gasteiger partial charge in [-0.15, -0.1) is 0 Å². The number of methoxy groups -OCH3 is 1. The van der Waals surface area contributed by atoms with Gasteiger partial charge in [0.1, 0.15) is 11.6 Å². The maximum absolute atomic E-state index is 11.3. The topological polar surface area (TPSA) is 76.8 Å². The third-order valence-corrected chi connectivity index (χ3v) is 4.13. The van der Waals surface area contributed by atoms with Crippen LogP contribution in [0.5, 0.6) is 5.75 Å². The molecule has 0 spiro atoms. The minimum Gasteiger partial charge on any atom is -0.497 e. The molecule has 1 aromatic carbocycles. The van der Waals surface area contributed by atoms with Gasteiger partial charge in [-0.25, -0.2) is 4.98 Å². The Morgan fingerprint density at radius 2 is 2.21 bits per heavy atom. The number of rotatable bonds is 5. The summed E-state index contributed by atoms with van der Waals surface area (Å²) in [5, 5.41) is 9.25. The lowest BCUT2D eigenvalue weighted by Gasteiger charge is -2.21. The lowest BCUT2D eigenvalue weighted by molar-refractivity contribution is -0.143. The molecule has 1 fully saturated rings. The Morgan fingerprint density at radius 1 is 1.42 bits per heavy atom. The van der Waals surface area contributed by atoms with Crippen LogP contribution in [-0.2, 0) is 16.1 Å². The molecule has 2 heterocycles. The van der Waals surface area contributed by atoms with E-state index >= 15 is 0 Å². The van der Waals surface area contributed by atoms with Crippen LogP contribution in [0.25, 0.3) is 5.69 Å². The van der Waals surface area contributed by atoms with Gasteiger partial charge in [-0.1, -0.05) is 0 Å². The first-order chi connectivity index (χ1) is 11.7. The second-order valence-electron chi connectivity index (χ2n) is 5.76. The smallest absolute Gasteiger partial charge is 0.310 e. The van der Waals surface area contributed by atoms with Crippen LogP contribution < -0.4 is 4.74 Å². The molecule has 1 atom stereocenters. The molecule has 2 aromatic rings. The van der Waals surface area contributed by atoms with Gasteiger partial charge in [-0.05, 0) is 24.3 Å². The van der Waals surface area contributed by atoms with Crippen molar-refractivity contribution in [2.45, 2.75) is 6.54 Å². The lowest BCUT2D eigenvalue weighted by Crippen LogP contribution is -2.33. The highest BCUT2D eigenvalue weighted by Crippen LogP contribution is 2.18.